The molecule has 3 aromatic rings. The van der Waals surface area contributed by atoms with E-state index >= 15 is 0 Å². The van der Waals surface area contributed by atoms with E-state index in [2.05, 4.69) is 30.7 Å². The molecular formula is C20H25N7O2S. The molecule has 30 heavy (non-hydrogen) atoms. The molecule has 0 amide bonds. The molecule has 1 fully saturated rings. The Morgan fingerprint density at radius 1 is 1.20 bits per heavy atom. The lowest BCUT2D eigenvalue weighted by Gasteiger charge is -2.17. The summed E-state index contributed by atoms with van der Waals surface area (Å²) in [5, 5.41) is 17.7. The molecule has 10 heteroatoms. The van der Waals surface area contributed by atoms with E-state index in [1.165, 1.54) is 32.1 Å². The Labute approximate surface area is 175 Å². The van der Waals surface area contributed by atoms with Crippen LogP contribution in [0.15, 0.2) is 18.5 Å². The maximum absolute atomic E-state index is 11.6. The molecule has 9 nitrogen and oxygen atoms in total. The van der Waals surface area contributed by atoms with Crippen LogP contribution in [0, 0.1) is 28.6 Å². The Morgan fingerprint density at radius 3 is 2.73 bits per heavy atom. The number of H-pyrrole nitrogens is 2. The van der Waals surface area contributed by atoms with Crippen LogP contribution in [-0.4, -0.2) is 34.1 Å². The number of nitriles is 2. The average molecular weight is 428 g/mol. The second-order valence-electron chi connectivity index (χ2n) is 7.36. The van der Waals surface area contributed by atoms with Crippen LogP contribution in [0.25, 0.3) is 22.1 Å². The Hall–Kier alpha value is -2.95. The van der Waals surface area contributed by atoms with Crippen molar-refractivity contribution in [3.63, 3.8) is 0 Å². The van der Waals surface area contributed by atoms with E-state index in [1.54, 1.807) is 18.5 Å². The molecule has 1 saturated carbocycles. The summed E-state index contributed by atoms with van der Waals surface area (Å²) in [7, 11) is -3.47. The zero-order chi connectivity index (χ0) is 21.4. The molecule has 0 aliphatic heterocycles. The largest absolute Gasteiger partial charge is 0.346 e. The number of imidazole rings is 1. The van der Waals surface area contributed by atoms with Gasteiger partial charge in [0.1, 0.15) is 17.0 Å². The van der Waals surface area contributed by atoms with Gasteiger partial charge in [-0.3, -0.25) is 0 Å². The highest BCUT2D eigenvalue weighted by Gasteiger charge is 2.13. The van der Waals surface area contributed by atoms with Crippen LogP contribution in [0.3, 0.4) is 0 Å². The van der Waals surface area contributed by atoms with Gasteiger partial charge in [0.2, 0.25) is 10.0 Å². The summed E-state index contributed by atoms with van der Waals surface area (Å²) in [6.45, 7) is 0.0500. The summed E-state index contributed by atoms with van der Waals surface area (Å²) in [6.07, 6.45) is 10.9. The third kappa shape index (κ3) is 5.78. The van der Waals surface area contributed by atoms with Crippen molar-refractivity contribution in [2.45, 2.75) is 51.5 Å². The van der Waals surface area contributed by atoms with Crippen LogP contribution in [0.5, 0.6) is 0 Å². The average Bonchev–Trinajstić information content (AvgIpc) is 3.38. The summed E-state index contributed by atoms with van der Waals surface area (Å²) < 4.78 is 25.7. The topological polar surface area (TPSA) is 151 Å². The molecule has 1 aliphatic carbocycles. The van der Waals surface area contributed by atoms with Gasteiger partial charge in [-0.25, -0.2) is 23.1 Å². The maximum atomic E-state index is 11.6. The number of rotatable bonds is 6. The van der Waals surface area contributed by atoms with Crippen molar-refractivity contribution in [3.8, 4) is 12.1 Å². The lowest BCUT2D eigenvalue weighted by Crippen LogP contribution is -2.26. The van der Waals surface area contributed by atoms with Gasteiger partial charge in [0.25, 0.3) is 0 Å². The van der Waals surface area contributed by atoms with Gasteiger partial charge in [-0.2, -0.15) is 10.5 Å². The van der Waals surface area contributed by atoms with Gasteiger partial charge < -0.3 is 9.97 Å². The molecule has 3 N–H and O–H groups in total. The molecule has 0 radical (unpaired) electrons. The van der Waals surface area contributed by atoms with E-state index in [0.29, 0.717) is 5.82 Å². The SMILES string of the molecule is N#CCC1CCCCC1.N#CCCS(=O)(=O)NCc1nc2c(cnc3[nH]ccc32)[nH]1. The molecule has 3 heterocycles. The van der Waals surface area contributed by atoms with Crippen molar-refractivity contribution >= 4 is 32.1 Å². The number of aromatic nitrogens is 4. The fraction of sp³-hybridized carbons (Fsp3) is 0.500. The molecule has 0 aromatic carbocycles. The van der Waals surface area contributed by atoms with Gasteiger partial charge >= 0.3 is 0 Å². The minimum Gasteiger partial charge on any atom is -0.346 e. The standard InChI is InChI=1S/C12H12N6O2S.C8H13N/c13-3-1-5-21(19,20)16-7-10-17-9-6-15-12-8(2-4-14-12)11(9)18-10;9-7-6-8-4-2-1-3-5-8/h2,4,6,16H,1,5,7H2,(H,14,15)(H,17,18);8H,1-6H2. The number of pyridine rings is 1. The zero-order valence-electron chi connectivity index (χ0n) is 16.7. The predicted molar refractivity (Wildman–Crippen MR) is 113 cm³/mol. The van der Waals surface area contributed by atoms with Gasteiger partial charge in [0, 0.05) is 18.0 Å². The molecule has 1 aliphatic rings. The van der Waals surface area contributed by atoms with Crippen molar-refractivity contribution in [2.24, 2.45) is 5.92 Å². The maximum Gasteiger partial charge on any atom is 0.213 e. The molecule has 3 aromatic heterocycles. The molecular weight excluding hydrogens is 402 g/mol. The van der Waals surface area contributed by atoms with Crippen LogP contribution in [0.4, 0.5) is 0 Å². The highest BCUT2D eigenvalue weighted by molar-refractivity contribution is 7.89. The summed E-state index contributed by atoms with van der Waals surface area (Å²) in [6, 6.07) is 5.91. The second-order valence-corrected chi connectivity index (χ2v) is 9.28. The predicted octanol–water partition coefficient (Wildman–Crippen LogP) is 3.25. The van der Waals surface area contributed by atoms with Crippen molar-refractivity contribution in [1.82, 2.24) is 24.7 Å². The summed E-state index contributed by atoms with van der Waals surface area (Å²) in [5.74, 6) is 1.03. The first-order chi connectivity index (χ1) is 14.5. The van der Waals surface area contributed by atoms with E-state index in [-0.39, 0.29) is 18.7 Å². The highest BCUT2D eigenvalue weighted by Crippen LogP contribution is 2.25. The quantitative estimate of drug-likeness (QED) is 0.549. The van der Waals surface area contributed by atoms with Crippen LogP contribution in [-0.2, 0) is 16.6 Å². The first kappa shape index (κ1) is 21.8. The van der Waals surface area contributed by atoms with Crippen molar-refractivity contribution in [1.29, 1.82) is 10.5 Å². The van der Waals surface area contributed by atoms with Crippen LogP contribution in [0.1, 0.15) is 50.8 Å². The summed E-state index contributed by atoms with van der Waals surface area (Å²) >= 11 is 0. The van der Waals surface area contributed by atoms with E-state index in [0.717, 1.165) is 34.4 Å². The smallest absolute Gasteiger partial charge is 0.213 e. The molecule has 0 spiro atoms. The molecule has 0 unspecified atom stereocenters. The Morgan fingerprint density at radius 2 is 2.00 bits per heavy atom. The third-order valence-electron chi connectivity index (χ3n) is 5.13. The summed E-state index contributed by atoms with van der Waals surface area (Å²) in [5.41, 5.74) is 2.22. The first-order valence-electron chi connectivity index (χ1n) is 10.0. The van der Waals surface area contributed by atoms with Crippen molar-refractivity contribution < 1.29 is 8.42 Å². The van der Waals surface area contributed by atoms with Gasteiger partial charge in [-0.05, 0) is 24.8 Å². The lowest BCUT2D eigenvalue weighted by atomic mass is 9.87. The molecule has 4 rings (SSSR count). The van der Waals surface area contributed by atoms with Crippen LogP contribution >= 0.6 is 0 Å². The number of hydrogen-bond acceptors (Lipinski definition) is 6. The fourth-order valence-corrected chi connectivity index (χ4v) is 4.42. The van der Waals surface area contributed by atoms with Gasteiger partial charge in [-0.1, -0.05) is 19.3 Å². The number of aromatic amines is 2. The number of sulfonamides is 1. The number of nitrogens with zero attached hydrogens (tertiary/aromatic N) is 4. The minimum absolute atomic E-state index is 0.0383. The van der Waals surface area contributed by atoms with Crippen LogP contribution < -0.4 is 4.72 Å². The van der Waals surface area contributed by atoms with Crippen molar-refractivity contribution in [3.05, 3.63) is 24.3 Å². The zero-order valence-corrected chi connectivity index (χ0v) is 17.5. The normalized spacial score (nSPS) is 14.7. The van der Waals surface area contributed by atoms with Crippen molar-refractivity contribution in [2.75, 3.05) is 5.75 Å². The van der Waals surface area contributed by atoms with Gasteiger partial charge in [-0.15, -0.1) is 0 Å². The van der Waals surface area contributed by atoms with E-state index < -0.39 is 10.0 Å². The number of hydrogen-bond donors (Lipinski definition) is 3. The van der Waals surface area contributed by atoms with E-state index in [9.17, 15) is 8.42 Å². The Kier molecular flexibility index (Phi) is 7.39. The molecule has 0 bridgehead atoms. The minimum atomic E-state index is -3.47. The highest BCUT2D eigenvalue weighted by atomic mass is 32.2. The summed E-state index contributed by atoms with van der Waals surface area (Å²) in [4.78, 5) is 14.6. The second kappa shape index (κ2) is 10.2. The Bertz CT molecular complexity index is 1160. The lowest BCUT2D eigenvalue weighted by molar-refractivity contribution is 0.364. The van der Waals surface area contributed by atoms with Gasteiger partial charge in [0.15, 0.2) is 0 Å². The first-order valence-corrected chi connectivity index (χ1v) is 11.7. The molecule has 158 valence electrons. The molecule has 0 atom stereocenters. The van der Waals surface area contributed by atoms with E-state index in [1.807, 2.05) is 6.07 Å². The Balaban J connectivity index is 0.000000239. The number of nitrogens with one attached hydrogen (secondary N) is 3. The molecule has 0 saturated heterocycles. The monoisotopic (exact) mass is 427 g/mol. The van der Waals surface area contributed by atoms with E-state index in [4.69, 9.17) is 10.5 Å². The number of fused-ring (bicyclic) bond motifs is 3. The fourth-order valence-electron chi connectivity index (χ4n) is 3.56. The third-order valence-corrected chi connectivity index (χ3v) is 6.46. The van der Waals surface area contributed by atoms with Gasteiger partial charge in [0.05, 0.1) is 42.6 Å². The van der Waals surface area contributed by atoms with Crippen LogP contribution in [0.2, 0.25) is 0 Å².